The number of benzene rings is 1. The van der Waals surface area contributed by atoms with Gasteiger partial charge >= 0.3 is 0 Å². The van der Waals surface area contributed by atoms with E-state index in [1.165, 1.54) is 15.1 Å². The first kappa shape index (κ1) is 19.1. The number of nitrogens with zero attached hydrogens (tertiary/aromatic N) is 4. The van der Waals surface area contributed by atoms with Crippen LogP contribution in [0, 0.1) is 6.92 Å². The maximum Gasteiger partial charge on any atom is 0.266 e. The van der Waals surface area contributed by atoms with Gasteiger partial charge in [-0.3, -0.25) is 9.69 Å². The highest BCUT2D eigenvalue weighted by Gasteiger charge is 2.29. The molecule has 0 aliphatic carbocycles. The van der Waals surface area contributed by atoms with Gasteiger partial charge in [-0.1, -0.05) is 0 Å². The highest BCUT2D eigenvalue weighted by molar-refractivity contribution is 7.89. The number of hydrogen-bond donors (Lipinski definition) is 0. The molecule has 0 N–H and O–H groups in total. The summed E-state index contributed by atoms with van der Waals surface area (Å²) in [5, 5.41) is 4.24. The molecule has 0 saturated carbocycles. The molecular weight excluding hydrogens is 380 g/mol. The average Bonchev–Trinajstić information content (AvgIpc) is 3.17. The molecule has 8 nitrogen and oxygen atoms in total. The molecule has 0 bridgehead atoms. The van der Waals surface area contributed by atoms with E-state index >= 15 is 0 Å². The molecule has 4 rings (SSSR count). The smallest absolute Gasteiger partial charge is 0.266 e. The Hall–Kier alpha value is -2.23. The number of fused-ring (bicyclic) bond motifs is 1. The summed E-state index contributed by atoms with van der Waals surface area (Å²) >= 11 is 0. The van der Waals surface area contributed by atoms with Crippen molar-refractivity contribution in [2.75, 3.05) is 39.3 Å². The molecule has 1 saturated heterocycles. The molecule has 2 aliphatic heterocycles. The molecule has 0 atom stereocenters. The summed E-state index contributed by atoms with van der Waals surface area (Å²) in [4.78, 5) is 14.4. The summed E-state index contributed by atoms with van der Waals surface area (Å²) in [5.41, 5.74) is 1.64. The third kappa shape index (κ3) is 3.82. The fourth-order valence-corrected chi connectivity index (χ4v) is 5.09. The number of hydrogen-bond acceptors (Lipinski definition) is 6. The number of ether oxygens (including phenoxy) is 1. The second kappa shape index (κ2) is 7.65. The van der Waals surface area contributed by atoms with Gasteiger partial charge in [0.05, 0.1) is 23.7 Å². The van der Waals surface area contributed by atoms with Gasteiger partial charge < -0.3 is 4.74 Å². The zero-order chi connectivity index (χ0) is 19.7. The third-order valence-electron chi connectivity index (χ3n) is 5.26. The molecule has 1 fully saturated rings. The van der Waals surface area contributed by atoms with Gasteiger partial charge in [0.1, 0.15) is 5.75 Å². The molecule has 3 heterocycles. The van der Waals surface area contributed by atoms with Crippen molar-refractivity contribution in [3.63, 3.8) is 0 Å². The van der Waals surface area contributed by atoms with Crippen LogP contribution in [0.2, 0.25) is 0 Å². The summed E-state index contributed by atoms with van der Waals surface area (Å²) in [6, 6.07) is 8.33. The lowest BCUT2D eigenvalue weighted by Crippen LogP contribution is -2.49. The van der Waals surface area contributed by atoms with Gasteiger partial charge in [-0.2, -0.15) is 9.40 Å². The Labute approximate surface area is 164 Å². The van der Waals surface area contributed by atoms with E-state index in [-0.39, 0.29) is 5.56 Å². The van der Waals surface area contributed by atoms with Crippen molar-refractivity contribution in [3.05, 3.63) is 51.9 Å². The predicted molar refractivity (Wildman–Crippen MR) is 104 cm³/mol. The van der Waals surface area contributed by atoms with Gasteiger partial charge in [0.2, 0.25) is 10.0 Å². The maximum absolute atomic E-state index is 13.0. The Morgan fingerprint density at radius 2 is 1.86 bits per heavy atom. The fraction of sp³-hybridized carbons (Fsp3) is 0.474. The SMILES string of the molecule is Cc1ccc(=O)n(CCN2CCN(S(=O)(=O)c3ccc4c(c3)CCO4)CC2)n1. The Morgan fingerprint density at radius 3 is 2.64 bits per heavy atom. The predicted octanol–water partition coefficient (Wildman–Crippen LogP) is 0.493. The zero-order valence-electron chi connectivity index (χ0n) is 15.9. The lowest BCUT2D eigenvalue weighted by atomic mass is 10.2. The number of piperazine rings is 1. The monoisotopic (exact) mass is 404 g/mol. The van der Waals surface area contributed by atoms with Crippen LogP contribution in [0.1, 0.15) is 11.3 Å². The van der Waals surface area contributed by atoms with E-state index in [4.69, 9.17) is 4.74 Å². The minimum absolute atomic E-state index is 0.118. The Balaban J connectivity index is 1.37. The van der Waals surface area contributed by atoms with Crippen molar-refractivity contribution in [1.29, 1.82) is 0 Å². The number of aryl methyl sites for hydroxylation is 1. The van der Waals surface area contributed by atoms with Crippen LogP contribution in [0.15, 0.2) is 40.0 Å². The third-order valence-corrected chi connectivity index (χ3v) is 7.15. The Morgan fingerprint density at radius 1 is 1.07 bits per heavy atom. The van der Waals surface area contributed by atoms with Gasteiger partial charge in [0.25, 0.3) is 5.56 Å². The molecule has 150 valence electrons. The van der Waals surface area contributed by atoms with Crippen LogP contribution in [0.4, 0.5) is 0 Å². The molecule has 1 aromatic heterocycles. The largest absolute Gasteiger partial charge is 0.493 e. The second-order valence-electron chi connectivity index (χ2n) is 7.15. The number of rotatable bonds is 5. The van der Waals surface area contributed by atoms with E-state index in [1.54, 1.807) is 24.3 Å². The summed E-state index contributed by atoms with van der Waals surface area (Å²) < 4.78 is 34.4. The van der Waals surface area contributed by atoms with Crippen molar-refractivity contribution in [2.24, 2.45) is 0 Å². The normalized spacial score (nSPS) is 18.0. The van der Waals surface area contributed by atoms with Crippen molar-refractivity contribution in [1.82, 2.24) is 19.0 Å². The van der Waals surface area contributed by atoms with Crippen molar-refractivity contribution < 1.29 is 13.2 Å². The van der Waals surface area contributed by atoms with E-state index in [2.05, 4.69) is 10.00 Å². The molecule has 28 heavy (non-hydrogen) atoms. The van der Waals surface area contributed by atoms with Crippen LogP contribution in [0.3, 0.4) is 0 Å². The molecule has 2 aromatic rings. The maximum atomic E-state index is 13.0. The highest BCUT2D eigenvalue weighted by atomic mass is 32.2. The molecule has 2 aliphatic rings. The molecule has 1 aromatic carbocycles. The Bertz CT molecular complexity index is 1030. The summed E-state index contributed by atoms with van der Waals surface area (Å²) in [5.74, 6) is 0.781. The highest BCUT2D eigenvalue weighted by Crippen LogP contribution is 2.29. The van der Waals surface area contributed by atoms with E-state index in [1.807, 2.05) is 6.92 Å². The summed E-state index contributed by atoms with van der Waals surface area (Å²) in [6.07, 6.45) is 0.749. The minimum atomic E-state index is -3.50. The first-order chi connectivity index (χ1) is 13.4. The fourth-order valence-electron chi connectivity index (χ4n) is 3.61. The average molecular weight is 404 g/mol. The molecule has 0 unspecified atom stereocenters. The minimum Gasteiger partial charge on any atom is -0.493 e. The van der Waals surface area contributed by atoms with Crippen LogP contribution >= 0.6 is 0 Å². The topological polar surface area (TPSA) is 84.7 Å². The first-order valence-corrected chi connectivity index (χ1v) is 10.9. The molecule has 0 amide bonds. The van der Waals surface area contributed by atoms with E-state index in [9.17, 15) is 13.2 Å². The molecule has 0 spiro atoms. The molecule has 0 radical (unpaired) electrons. The van der Waals surface area contributed by atoms with Crippen LogP contribution in [-0.4, -0.2) is 66.7 Å². The van der Waals surface area contributed by atoms with Gasteiger partial charge in [-0.15, -0.1) is 0 Å². The van der Waals surface area contributed by atoms with E-state index < -0.39 is 10.0 Å². The van der Waals surface area contributed by atoms with Gasteiger partial charge in [-0.05, 0) is 36.8 Å². The lowest BCUT2D eigenvalue weighted by Gasteiger charge is -2.34. The molecular formula is C19H24N4O4S. The first-order valence-electron chi connectivity index (χ1n) is 9.46. The van der Waals surface area contributed by atoms with E-state index in [0.29, 0.717) is 50.8 Å². The molecule has 9 heteroatoms. The quantitative estimate of drug-likeness (QED) is 0.721. The van der Waals surface area contributed by atoms with Crippen LogP contribution in [-0.2, 0) is 23.0 Å². The Kier molecular flexibility index (Phi) is 5.22. The lowest BCUT2D eigenvalue weighted by molar-refractivity contribution is 0.180. The van der Waals surface area contributed by atoms with Gasteiger partial charge in [-0.25, -0.2) is 13.1 Å². The van der Waals surface area contributed by atoms with E-state index in [0.717, 1.165) is 23.4 Å². The zero-order valence-corrected chi connectivity index (χ0v) is 16.7. The standard InChI is InChI=1S/C19H24N4O4S/c1-15-2-5-19(24)23(20-15)12-9-21-7-10-22(11-8-21)28(25,26)17-3-4-18-16(14-17)6-13-27-18/h2-5,14H,6-13H2,1H3. The number of aromatic nitrogens is 2. The van der Waals surface area contributed by atoms with Gasteiger partial charge in [0, 0.05) is 45.2 Å². The van der Waals surface area contributed by atoms with Crippen LogP contribution in [0.5, 0.6) is 5.75 Å². The van der Waals surface area contributed by atoms with Crippen molar-refractivity contribution >= 4 is 10.0 Å². The van der Waals surface area contributed by atoms with Crippen molar-refractivity contribution in [3.8, 4) is 5.75 Å². The van der Waals surface area contributed by atoms with Crippen LogP contribution in [0.25, 0.3) is 0 Å². The van der Waals surface area contributed by atoms with Crippen LogP contribution < -0.4 is 10.3 Å². The second-order valence-corrected chi connectivity index (χ2v) is 9.09. The number of sulfonamides is 1. The summed E-state index contributed by atoms with van der Waals surface area (Å²) in [6.45, 7) is 5.76. The van der Waals surface area contributed by atoms with Gasteiger partial charge in [0.15, 0.2) is 0 Å². The summed E-state index contributed by atoms with van der Waals surface area (Å²) in [7, 11) is -3.50. The van der Waals surface area contributed by atoms with Crippen molar-refractivity contribution in [2.45, 2.75) is 24.8 Å².